The summed E-state index contributed by atoms with van der Waals surface area (Å²) in [6.45, 7) is 7.39. The average molecular weight is 490 g/mol. The Morgan fingerprint density at radius 3 is 2.50 bits per heavy atom. The van der Waals surface area contributed by atoms with Crippen molar-refractivity contribution in [2.24, 2.45) is 27.1 Å². The van der Waals surface area contributed by atoms with Gasteiger partial charge in [0.2, 0.25) is 5.91 Å². The fourth-order valence-electron chi connectivity index (χ4n) is 6.06. The van der Waals surface area contributed by atoms with E-state index in [4.69, 9.17) is 10.7 Å². The molecule has 0 bridgehead atoms. The van der Waals surface area contributed by atoms with Crippen LogP contribution in [0.25, 0.3) is 0 Å². The minimum absolute atomic E-state index is 0.181. The molecule has 34 heavy (non-hydrogen) atoms. The van der Waals surface area contributed by atoms with Gasteiger partial charge in [-0.05, 0) is 57.4 Å². The first-order chi connectivity index (χ1) is 16.5. The Morgan fingerprint density at radius 1 is 1.06 bits per heavy atom. The lowest BCUT2D eigenvalue weighted by Crippen LogP contribution is -2.44. The molecule has 0 aromatic carbocycles. The Balaban J connectivity index is 1.27. The number of carbonyl (C=O) groups excluding carboxylic acids is 1. The predicted octanol–water partition coefficient (Wildman–Crippen LogP) is 1.41. The summed E-state index contributed by atoms with van der Waals surface area (Å²) in [6.07, 6.45) is 11.1. The minimum Gasteiger partial charge on any atom is -0.390 e. The Labute approximate surface area is 205 Å². The second kappa shape index (κ2) is 10.2. The summed E-state index contributed by atoms with van der Waals surface area (Å²) in [5, 5.41) is 3.37. The van der Waals surface area contributed by atoms with Gasteiger partial charge in [-0.25, -0.2) is 17.8 Å². The molecule has 3 atom stereocenters. The summed E-state index contributed by atoms with van der Waals surface area (Å²) in [7, 11) is 0. The second-order valence-corrected chi connectivity index (χ2v) is 11.9. The highest BCUT2D eigenvalue weighted by atomic mass is 32.2. The van der Waals surface area contributed by atoms with Crippen LogP contribution in [0.2, 0.25) is 0 Å². The van der Waals surface area contributed by atoms with Crippen molar-refractivity contribution in [1.29, 1.82) is 0 Å². The summed E-state index contributed by atoms with van der Waals surface area (Å²) < 4.78 is 17.2. The number of aliphatic imine (C=N–C) groups is 2. The normalized spacial score (nSPS) is 32.5. The van der Waals surface area contributed by atoms with E-state index in [0.29, 0.717) is 5.92 Å². The lowest BCUT2D eigenvalue weighted by molar-refractivity contribution is -0.134. The van der Waals surface area contributed by atoms with Crippen LogP contribution >= 0.6 is 0 Å². The topological polar surface area (TPSA) is 107 Å². The molecule has 2 saturated carbocycles. The number of nitrogens with one attached hydrogen (secondary N) is 1. The fraction of sp³-hybridized carbons (Fsp3) is 0.792. The van der Waals surface area contributed by atoms with E-state index >= 15 is 0 Å². The van der Waals surface area contributed by atoms with Gasteiger partial charge in [-0.3, -0.25) is 14.7 Å². The standard InChI is InChI=1S/C24H39N7O2S/c1-18-4-2-5-21(18)31-22(28-17-25)20(24(8-9-24)23(31)32)16-27-19-6-13-30(14-7-19)34(33)29-12-3-10-26-11-15-29/h16-19,21,26H,2-15H2,1H3,(H2,25,28). The smallest absolute Gasteiger partial charge is 0.239 e. The molecule has 0 aromatic rings. The summed E-state index contributed by atoms with van der Waals surface area (Å²) in [5.74, 6) is 1.40. The molecule has 5 aliphatic rings. The molecule has 10 heteroatoms. The molecule has 4 fully saturated rings. The quantitative estimate of drug-likeness (QED) is 0.434. The molecule has 2 aliphatic carbocycles. The van der Waals surface area contributed by atoms with Crippen molar-refractivity contribution in [3.8, 4) is 0 Å². The Bertz CT molecular complexity index is 884. The van der Waals surface area contributed by atoms with Crippen LogP contribution in [0.4, 0.5) is 0 Å². The summed E-state index contributed by atoms with van der Waals surface area (Å²) in [6, 6.07) is 0.391. The zero-order valence-corrected chi connectivity index (χ0v) is 21.1. The van der Waals surface area contributed by atoms with Crippen LogP contribution < -0.4 is 11.1 Å². The van der Waals surface area contributed by atoms with Gasteiger partial charge in [-0.15, -0.1) is 0 Å². The lowest BCUT2D eigenvalue weighted by atomic mass is 9.98. The molecule has 0 aromatic heterocycles. The van der Waals surface area contributed by atoms with Crippen molar-refractivity contribution < 1.29 is 9.00 Å². The molecular formula is C24H39N7O2S. The van der Waals surface area contributed by atoms with Gasteiger partial charge in [-0.2, -0.15) is 0 Å². The van der Waals surface area contributed by atoms with Gasteiger partial charge in [0.25, 0.3) is 0 Å². The highest BCUT2D eigenvalue weighted by Crippen LogP contribution is 2.59. The van der Waals surface area contributed by atoms with Crippen molar-refractivity contribution in [2.45, 2.75) is 70.4 Å². The largest absolute Gasteiger partial charge is 0.390 e. The summed E-state index contributed by atoms with van der Waals surface area (Å²) in [5.41, 5.74) is 6.25. The molecule has 5 rings (SSSR count). The number of nitrogens with zero attached hydrogens (tertiary/aromatic N) is 5. The maximum Gasteiger partial charge on any atom is 0.239 e. The first kappa shape index (κ1) is 24.1. The van der Waals surface area contributed by atoms with Gasteiger partial charge >= 0.3 is 0 Å². The number of hydrogen-bond donors (Lipinski definition) is 2. The number of nitrogens with two attached hydrogens (primary N) is 1. The molecule has 3 heterocycles. The van der Waals surface area contributed by atoms with E-state index in [1.54, 1.807) is 0 Å². The second-order valence-electron chi connectivity index (χ2n) is 10.4. The van der Waals surface area contributed by atoms with Crippen LogP contribution in [0.1, 0.15) is 58.3 Å². The van der Waals surface area contributed by atoms with Crippen LogP contribution in [-0.2, 0) is 16.0 Å². The van der Waals surface area contributed by atoms with E-state index in [-0.39, 0.29) is 18.0 Å². The Morgan fingerprint density at radius 2 is 1.82 bits per heavy atom. The van der Waals surface area contributed by atoms with E-state index in [1.165, 1.54) is 6.34 Å². The van der Waals surface area contributed by atoms with Crippen LogP contribution in [0.5, 0.6) is 0 Å². The molecule has 0 radical (unpaired) electrons. The highest BCUT2D eigenvalue weighted by Gasteiger charge is 2.62. The van der Waals surface area contributed by atoms with E-state index in [1.807, 2.05) is 11.1 Å². The lowest BCUT2D eigenvalue weighted by Gasteiger charge is -2.32. The van der Waals surface area contributed by atoms with Gasteiger partial charge in [0.15, 0.2) is 11.2 Å². The fourth-order valence-corrected chi connectivity index (χ4v) is 7.45. The van der Waals surface area contributed by atoms with Crippen molar-refractivity contribution >= 4 is 29.6 Å². The van der Waals surface area contributed by atoms with Crippen molar-refractivity contribution in [3.63, 3.8) is 0 Å². The third-order valence-corrected chi connectivity index (χ3v) is 9.90. The highest BCUT2D eigenvalue weighted by molar-refractivity contribution is 7.80. The van der Waals surface area contributed by atoms with Gasteiger partial charge < -0.3 is 11.1 Å². The van der Waals surface area contributed by atoms with E-state index < -0.39 is 16.6 Å². The monoisotopic (exact) mass is 489 g/mol. The minimum atomic E-state index is -1.07. The maximum atomic E-state index is 13.5. The average Bonchev–Trinajstić information content (AvgIpc) is 3.56. The molecular weight excluding hydrogens is 450 g/mol. The van der Waals surface area contributed by atoms with Gasteiger partial charge in [0.05, 0.1) is 17.8 Å². The summed E-state index contributed by atoms with van der Waals surface area (Å²) in [4.78, 5) is 24.9. The van der Waals surface area contributed by atoms with E-state index in [0.717, 1.165) is 102 Å². The van der Waals surface area contributed by atoms with Gasteiger partial charge in [0, 0.05) is 50.6 Å². The Kier molecular flexibility index (Phi) is 7.20. The van der Waals surface area contributed by atoms with E-state index in [9.17, 15) is 9.00 Å². The number of piperidine rings is 1. The van der Waals surface area contributed by atoms with Crippen molar-refractivity contribution in [1.82, 2.24) is 18.8 Å². The molecule has 1 amide bonds. The predicted molar refractivity (Wildman–Crippen MR) is 135 cm³/mol. The third kappa shape index (κ3) is 4.50. The number of carbonyl (C=O) groups is 1. The van der Waals surface area contributed by atoms with Gasteiger partial charge in [-0.1, -0.05) is 13.3 Å². The first-order valence-electron chi connectivity index (χ1n) is 13.0. The van der Waals surface area contributed by atoms with Crippen LogP contribution in [0, 0.1) is 11.3 Å². The number of rotatable bonds is 6. The molecule has 1 spiro atoms. The van der Waals surface area contributed by atoms with Crippen LogP contribution in [-0.4, -0.2) is 87.5 Å². The number of hydrogen-bond acceptors (Lipinski definition) is 5. The zero-order chi connectivity index (χ0) is 23.7. The first-order valence-corrected chi connectivity index (χ1v) is 14.1. The van der Waals surface area contributed by atoms with Crippen LogP contribution in [0.15, 0.2) is 21.4 Å². The van der Waals surface area contributed by atoms with Crippen LogP contribution in [0.3, 0.4) is 0 Å². The van der Waals surface area contributed by atoms with Crippen molar-refractivity contribution in [3.05, 3.63) is 11.4 Å². The Hall–Kier alpha value is -1.62. The van der Waals surface area contributed by atoms with Gasteiger partial charge in [0.1, 0.15) is 5.82 Å². The van der Waals surface area contributed by atoms with E-state index in [2.05, 4.69) is 25.8 Å². The molecule has 3 aliphatic heterocycles. The molecule has 9 nitrogen and oxygen atoms in total. The molecule has 3 N–H and O–H groups in total. The third-order valence-electron chi connectivity index (χ3n) is 8.29. The molecule has 3 unspecified atom stereocenters. The number of amides is 1. The molecule has 188 valence electrons. The maximum absolute atomic E-state index is 13.5. The summed E-state index contributed by atoms with van der Waals surface area (Å²) >= 11 is -1.07. The van der Waals surface area contributed by atoms with Crippen molar-refractivity contribution in [2.75, 3.05) is 39.3 Å². The SMILES string of the molecule is CC1CCCC1N1C(=O)C2(CC2)C(C=NC2CCN(S(=O)N3CCCNCC3)CC2)=C1/N=C/N. The molecule has 2 saturated heterocycles. The zero-order valence-electron chi connectivity index (χ0n) is 20.3.